The number of methoxy groups -OCH3 is 2. The summed E-state index contributed by atoms with van der Waals surface area (Å²) in [5.41, 5.74) is -2.62. The van der Waals surface area contributed by atoms with Gasteiger partial charge in [-0.3, -0.25) is 14.4 Å². The number of benzene rings is 1. The van der Waals surface area contributed by atoms with E-state index in [9.17, 15) is 23.2 Å². The van der Waals surface area contributed by atoms with E-state index >= 15 is 0 Å². The molecule has 0 saturated heterocycles. The minimum absolute atomic E-state index is 0.00782. The van der Waals surface area contributed by atoms with Crippen molar-refractivity contribution in [2.24, 2.45) is 5.41 Å². The highest BCUT2D eigenvalue weighted by atomic mass is 19.1. The molecule has 0 unspecified atom stereocenters. The highest BCUT2D eigenvalue weighted by Gasteiger charge is 2.59. The monoisotopic (exact) mass is 490 g/mol. The molecule has 10 heteroatoms. The summed E-state index contributed by atoms with van der Waals surface area (Å²) in [6.45, 7) is 1.80. The Hall–Kier alpha value is -3.11. The minimum atomic E-state index is -0.895. The van der Waals surface area contributed by atoms with Crippen molar-refractivity contribution in [2.45, 2.75) is 51.3 Å². The number of ketones is 1. The Balaban J connectivity index is 1.73. The number of carbonyl (C=O) groups excluding carboxylic acids is 2. The van der Waals surface area contributed by atoms with Gasteiger partial charge in [0.2, 0.25) is 5.43 Å². The number of ether oxygens (including phenoxy) is 3. The molecule has 0 spiro atoms. The van der Waals surface area contributed by atoms with Gasteiger partial charge >= 0.3 is 0 Å². The number of hydrogen-bond donors (Lipinski definition) is 1. The van der Waals surface area contributed by atoms with Gasteiger partial charge in [-0.15, -0.1) is 0 Å². The smallest absolute Gasteiger partial charge is 0.257 e. The third kappa shape index (κ3) is 4.14. The fourth-order valence-corrected chi connectivity index (χ4v) is 5.24. The van der Waals surface area contributed by atoms with Crippen molar-refractivity contribution in [1.82, 2.24) is 9.88 Å². The average molecular weight is 491 g/mol. The molecule has 1 aromatic heterocycles. The van der Waals surface area contributed by atoms with E-state index in [1.807, 2.05) is 6.92 Å². The number of rotatable bonds is 7. The van der Waals surface area contributed by atoms with Crippen LogP contribution in [-0.2, 0) is 22.6 Å². The molecule has 8 nitrogen and oxygen atoms in total. The van der Waals surface area contributed by atoms with Gasteiger partial charge in [0, 0.05) is 31.5 Å². The Morgan fingerprint density at radius 3 is 2.60 bits per heavy atom. The van der Waals surface area contributed by atoms with E-state index in [4.69, 9.17) is 14.2 Å². The average Bonchev–Trinajstić information content (AvgIpc) is 2.83. The van der Waals surface area contributed by atoms with Crippen LogP contribution in [0.3, 0.4) is 0 Å². The second kappa shape index (κ2) is 9.50. The number of carbonyl (C=O) groups is 2. The zero-order valence-corrected chi connectivity index (χ0v) is 19.9. The lowest BCUT2D eigenvalue weighted by atomic mass is 9.59. The summed E-state index contributed by atoms with van der Waals surface area (Å²) in [7, 11) is 2.77. The molecule has 0 bridgehead atoms. The lowest BCUT2D eigenvalue weighted by Gasteiger charge is -2.53. The molecule has 188 valence electrons. The quantitative estimate of drug-likeness (QED) is 0.599. The number of Topliss-reactive ketones (excluding diaryl/α,β-unsaturated/α-hetero) is 1. The summed E-state index contributed by atoms with van der Waals surface area (Å²) >= 11 is 0. The fraction of sp³-hybridized carbons (Fsp3) is 0.480. The molecular formula is C25H28F2N2O6. The van der Waals surface area contributed by atoms with Crippen LogP contribution in [0.2, 0.25) is 0 Å². The molecule has 35 heavy (non-hydrogen) atoms. The van der Waals surface area contributed by atoms with Gasteiger partial charge in [0.15, 0.2) is 11.5 Å². The molecule has 1 aromatic carbocycles. The van der Waals surface area contributed by atoms with Crippen LogP contribution in [0.4, 0.5) is 8.78 Å². The maximum Gasteiger partial charge on any atom is 0.257 e. The second-order valence-corrected chi connectivity index (χ2v) is 9.21. The topological polar surface area (TPSA) is 95.9 Å². The van der Waals surface area contributed by atoms with E-state index in [1.54, 1.807) is 4.57 Å². The first-order valence-corrected chi connectivity index (χ1v) is 11.4. The number of nitrogens with one attached hydrogen (secondary N) is 1. The molecule has 2 atom stereocenters. The van der Waals surface area contributed by atoms with Crippen LogP contribution in [0.5, 0.6) is 5.75 Å². The summed E-state index contributed by atoms with van der Waals surface area (Å²) < 4.78 is 45.3. The molecule has 1 saturated carbocycles. The molecule has 1 aliphatic carbocycles. The van der Waals surface area contributed by atoms with E-state index in [1.165, 1.54) is 26.5 Å². The normalized spacial score (nSPS) is 23.4. The summed E-state index contributed by atoms with van der Waals surface area (Å²) in [4.78, 5) is 39.9. The Morgan fingerprint density at radius 1 is 1.17 bits per heavy atom. The summed E-state index contributed by atoms with van der Waals surface area (Å²) in [6.07, 6.45) is 4.21. The van der Waals surface area contributed by atoms with Crippen molar-refractivity contribution in [2.75, 3.05) is 21.0 Å². The lowest BCUT2D eigenvalue weighted by Crippen LogP contribution is -2.61. The zero-order valence-electron chi connectivity index (χ0n) is 19.9. The molecule has 2 aromatic rings. The molecule has 1 aliphatic heterocycles. The second-order valence-electron chi connectivity index (χ2n) is 9.21. The van der Waals surface area contributed by atoms with E-state index in [0.717, 1.165) is 18.9 Å². The van der Waals surface area contributed by atoms with Crippen molar-refractivity contribution in [3.63, 3.8) is 0 Å². The third-order valence-electron chi connectivity index (χ3n) is 7.25. The largest absolute Gasteiger partial charge is 0.491 e. The number of pyridine rings is 1. The Kier molecular flexibility index (Phi) is 6.79. The first kappa shape index (κ1) is 25.0. The third-order valence-corrected chi connectivity index (χ3v) is 7.25. The van der Waals surface area contributed by atoms with Gasteiger partial charge in [0.25, 0.3) is 5.91 Å². The zero-order chi connectivity index (χ0) is 25.4. The first-order chi connectivity index (χ1) is 16.7. The minimum Gasteiger partial charge on any atom is -0.491 e. The fourth-order valence-electron chi connectivity index (χ4n) is 5.24. The van der Waals surface area contributed by atoms with Crippen molar-refractivity contribution in [1.29, 1.82) is 0 Å². The maximum absolute atomic E-state index is 14.0. The van der Waals surface area contributed by atoms with Crippen LogP contribution < -0.4 is 15.5 Å². The molecule has 2 heterocycles. The van der Waals surface area contributed by atoms with Crippen molar-refractivity contribution < 1.29 is 32.6 Å². The molecule has 0 radical (unpaired) electrons. The van der Waals surface area contributed by atoms with Crippen molar-refractivity contribution in [3.8, 4) is 5.75 Å². The number of fused-ring (bicyclic) bond motifs is 2. The Labute approximate surface area is 201 Å². The van der Waals surface area contributed by atoms with Crippen molar-refractivity contribution >= 4 is 11.7 Å². The van der Waals surface area contributed by atoms with E-state index in [2.05, 4.69) is 5.32 Å². The van der Waals surface area contributed by atoms with Gasteiger partial charge in [-0.05, 0) is 25.8 Å². The molecule has 2 aliphatic rings. The molecule has 1 N–H and O–H groups in total. The van der Waals surface area contributed by atoms with Gasteiger partial charge in [0.1, 0.15) is 35.3 Å². The van der Waals surface area contributed by atoms with Gasteiger partial charge in [-0.2, -0.15) is 0 Å². The lowest BCUT2D eigenvalue weighted by molar-refractivity contribution is -0.197. The van der Waals surface area contributed by atoms with E-state index in [-0.39, 0.29) is 48.2 Å². The van der Waals surface area contributed by atoms with Gasteiger partial charge < -0.3 is 24.1 Å². The van der Waals surface area contributed by atoms with Crippen molar-refractivity contribution in [3.05, 3.63) is 63.1 Å². The number of halogens is 2. The SMILES string of the molecule is COCO[C@]12CCCC[C@@]1(C)C(=O)c1c(OC)c(=O)c(C(=O)NCc3ccc(F)cc3F)cn1C2. The number of hydrogen-bond acceptors (Lipinski definition) is 6. The van der Waals surface area contributed by atoms with Gasteiger partial charge in [-0.25, -0.2) is 8.78 Å². The number of aromatic nitrogens is 1. The van der Waals surface area contributed by atoms with Crippen LogP contribution in [0.15, 0.2) is 29.2 Å². The first-order valence-electron chi connectivity index (χ1n) is 11.4. The highest BCUT2D eigenvalue weighted by molar-refractivity contribution is 6.04. The predicted octanol–water partition coefficient (Wildman–Crippen LogP) is 3.20. The standard InChI is InChI=1S/C25H28F2N2O6/c1-24-8-4-5-9-25(24,35-14-33-2)13-29-12-17(20(30)21(34-3)19(29)22(24)31)23(32)28-11-15-6-7-16(26)10-18(15)27/h6-7,10,12H,4-5,8-9,11,13-14H2,1-3H3,(H,28,32)/t24-,25-/m0/s1. The maximum atomic E-state index is 14.0. The Morgan fingerprint density at radius 2 is 1.91 bits per heavy atom. The van der Waals surface area contributed by atoms with Gasteiger partial charge in [0.05, 0.1) is 19.1 Å². The Bertz CT molecular complexity index is 1230. The highest BCUT2D eigenvalue weighted by Crippen LogP contribution is 2.52. The van der Waals surface area contributed by atoms with Crippen LogP contribution >= 0.6 is 0 Å². The van der Waals surface area contributed by atoms with E-state index in [0.29, 0.717) is 18.9 Å². The van der Waals surface area contributed by atoms with Crippen LogP contribution in [0.25, 0.3) is 0 Å². The molecule has 1 fully saturated rings. The van der Waals surface area contributed by atoms with Crippen LogP contribution in [-0.4, -0.2) is 42.9 Å². The summed E-state index contributed by atoms with van der Waals surface area (Å²) in [6, 6.07) is 3.00. The summed E-state index contributed by atoms with van der Waals surface area (Å²) in [5, 5.41) is 2.49. The van der Waals surface area contributed by atoms with E-state index < -0.39 is 34.0 Å². The van der Waals surface area contributed by atoms with Gasteiger partial charge in [-0.1, -0.05) is 18.9 Å². The molecule has 4 rings (SSSR count). The number of nitrogens with zero attached hydrogens (tertiary/aromatic N) is 1. The van der Waals surface area contributed by atoms with Crippen LogP contribution in [0.1, 0.15) is 59.0 Å². The molecular weight excluding hydrogens is 462 g/mol. The number of amides is 1. The predicted molar refractivity (Wildman–Crippen MR) is 121 cm³/mol. The summed E-state index contributed by atoms with van der Waals surface area (Å²) in [5.74, 6) is -2.83. The molecule has 1 amide bonds. The van der Waals surface area contributed by atoms with Crippen LogP contribution in [0, 0.1) is 17.0 Å².